The van der Waals surface area contributed by atoms with Crippen molar-refractivity contribution in [3.05, 3.63) is 69.3 Å². The summed E-state index contributed by atoms with van der Waals surface area (Å²) in [7, 11) is 4.85. The van der Waals surface area contributed by atoms with E-state index >= 15 is 0 Å². The SMILES string of the molecule is COc1cc(C)c(OC(F)(F)F)c(NC(C)=O)c1.COc1cc(C)cc(N(OC(F)(F)F)C(C)=O)c1.COc1cc(C)cc(NC(C)=O)c1OC(F)(F)F.C[N+](=O)[O-]. The molecule has 0 aliphatic heterocycles. The smallest absolute Gasteiger partial charge is 0.497 e. The maximum atomic E-state index is 12.3. The number of carbonyl (C=O) groups excluding carboxylic acids is 3. The highest BCUT2D eigenvalue weighted by atomic mass is 19.4. The molecule has 0 saturated heterocycles. The summed E-state index contributed by atoms with van der Waals surface area (Å²) in [4.78, 5) is 45.1. The van der Waals surface area contributed by atoms with Crippen LogP contribution in [0.1, 0.15) is 37.5 Å². The zero-order valence-corrected chi connectivity index (χ0v) is 32.3. The minimum atomic E-state index is -4.94. The van der Waals surface area contributed by atoms with Crippen LogP contribution in [0.25, 0.3) is 0 Å². The second-order valence-electron chi connectivity index (χ2n) is 11.1. The topological polar surface area (TPSA) is 177 Å². The minimum absolute atomic E-state index is 0.0447. The first-order valence-electron chi connectivity index (χ1n) is 15.7. The first kappa shape index (κ1) is 51.8. The highest BCUT2D eigenvalue weighted by Gasteiger charge is 2.36. The molecule has 0 aromatic heterocycles. The number of methoxy groups -OCH3 is 3. The Morgan fingerprint density at radius 3 is 1.47 bits per heavy atom. The molecular formula is C34H39F9N4O11. The lowest BCUT2D eigenvalue weighted by molar-refractivity contribution is -0.445. The third-order valence-corrected chi connectivity index (χ3v) is 5.95. The molecule has 15 nitrogen and oxygen atoms in total. The molecule has 0 atom stereocenters. The maximum absolute atomic E-state index is 12.3. The van der Waals surface area contributed by atoms with Crippen molar-refractivity contribution in [1.82, 2.24) is 0 Å². The summed E-state index contributed by atoms with van der Waals surface area (Å²) in [5, 5.41) is 13.5. The zero-order valence-electron chi connectivity index (χ0n) is 32.3. The summed E-state index contributed by atoms with van der Waals surface area (Å²) < 4.78 is 133. The number of nitro groups is 1. The Bertz CT molecular complexity index is 1850. The maximum Gasteiger partial charge on any atom is 0.573 e. The number of anilines is 3. The number of hydroxylamine groups is 1. The Morgan fingerprint density at radius 1 is 0.638 bits per heavy atom. The molecule has 0 fully saturated rings. The molecule has 58 heavy (non-hydrogen) atoms. The van der Waals surface area contributed by atoms with Gasteiger partial charge in [-0.15, -0.1) is 39.5 Å². The summed E-state index contributed by atoms with van der Waals surface area (Å²) in [6.45, 7) is 8.09. The third-order valence-electron chi connectivity index (χ3n) is 5.95. The Balaban J connectivity index is 0.000000801. The molecule has 3 amide bonds. The van der Waals surface area contributed by atoms with E-state index in [-0.39, 0.29) is 33.4 Å². The molecule has 0 aliphatic carbocycles. The highest BCUT2D eigenvalue weighted by Crippen LogP contribution is 2.40. The number of carbonyl (C=O) groups is 3. The molecule has 0 radical (unpaired) electrons. The number of hydrogen-bond donors (Lipinski definition) is 2. The van der Waals surface area contributed by atoms with Crippen molar-refractivity contribution in [3.8, 4) is 28.7 Å². The van der Waals surface area contributed by atoms with Crippen LogP contribution in [0.2, 0.25) is 0 Å². The van der Waals surface area contributed by atoms with Gasteiger partial charge in [0.15, 0.2) is 24.3 Å². The first-order valence-corrected chi connectivity index (χ1v) is 15.7. The number of amides is 3. The van der Waals surface area contributed by atoms with Gasteiger partial charge in [-0.25, -0.2) is 0 Å². The van der Waals surface area contributed by atoms with E-state index in [0.29, 0.717) is 22.6 Å². The predicted molar refractivity (Wildman–Crippen MR) is 188 cm³/mol. The number of hydrogen-bond acceptors (Lipinski definition) is 11. The van der Waals surface area contributed by atoms with Crippen molar-refractivity contribution in [2.45, 2.75) is 60.6 Å². The summed E-state index contributed by atoms with van der Waals surface area (Å²) in [6, 6.07) is 9.67. The van der Waals surface area contributed by atoms with Gasteiger partial charge in [-0.2, -0.15) is 9.90 Å². The zero-order chi connectivity index (χ0) is 45.3. The van der Waals surface area contributed by atoms with Gasteiger partial charge in [0.25, 0.3) is 0 Å². The van der Waals surface area contributed by atoms with Crippen LogP contribution in [0.3, 0.4) is 0 Å². The Labute approximate surface area is 325 Å². The Morgan fingerprint density at radius 2 is 1.07 bits per heavy atom. The van der Waals surface area contributed by atoms with Gasteiger partial charge >= 0.3 is 19.1 Å². The molecule has 324 valence electrons. The average Bonchev–Trinajstić information content (AvgIpc) is 3.04. The van der Waals surface area contributed by atoms with E-state index in [9.17, 15) is 53.9 Å². The molecule has 3 aromatic rings. The first-order chi connectivity index (χ1) is 26.4. The summed E-state index contributed by atoms with van der Waals surface area (Å²) in [5.74, 6) is -2.35. The highest BCUT2D eigenvalue weighted by molar-refractivity contribution is 5.92. The van der Waals surface area contributed by atoms with E-state index in [1.54, 1.807) is 19.9 Å². The van der Waals surface area contributed by atoms with E-state index in [0.717, 1.165) is 14.0 Å². The van der Waals surface area contributed by atoms with Gasteiger partial charge in [-0.3, -0.25) is 24.5 Å². The lowest BCUT2D eigenvalue weighted by atomic mass is 10.1. The second kappa shape index (κ2) is 22.5. The fraction of sp³-hybridized carbons (Fsp3) is 0.382. The molecule has 0 unspecified atom stereocenters. The lowest BCUT2D eigenvalue weighted by Crippen LogP contribution is -2.35. The number of alkyl halides is 9. The van der Waals surface area contributed by atoms with Crippen LogP contribution in [0.5, 0.6) is 28.7 Å². The van der Waals surface area contributed by atoms with Gasteiger partial charge in [0.2, 0.25) is 17.7 Å². The molecule has 3 aromatic carbocycles. The number of aryl methyl sites for hydroxylation is 3. The van der Waals surface area contributed by atoms with Gasteiger partial charge in [0, 0.05) is 37.8 Å². The standard InChI is InChI=1S/3C11H12F3NO3.CH3NO2/c1-7-4-9(6-10(5-7)17-3)15(8(2)16)18-11(12,13)14;1-6-4-8(17-3)5-9(15-7(2)16)10(6)18-11(12,13)14;1-6-4-8(15-7(2)16)10(9(5-6)17-3)18-11(12,13)14;1-2(3)4/h4-6H,1-3H3;2*4-5H,1-3H3,(H,15,16);1H3. The van der Waals surface area contributed by atoms with Crippen LogP contribution in [-0.4, -0.2) is 70.1 Å². The van der Waals surface area contributed by atoms with Crippen LogP contribution in [0.15, 0.2) is 42.5 Å². The Hall–Kier alpha value is -6.20. The predicted octanol–water partition coefficient (Wildman–Crippen LogP) is 8.42. The number of benzene rings is 3. The van der Waals surface area contributed by atoms with Gasteiger partial charge in [-0.1, -0.05) is 0 Å². The van der Waals surface area contributed by atoms with Crippen LogP contribution in [-0.2, 0) is 19.2 Å². The fourth-order valence-corrected chi connectivity index (χ4v) is 4.15. The summed E-state index contributed by atoms with van der Waals surface area (Å²) in [6.07, 6.45) is -14.6. The van der Waals surface area contributed by atoms with E-state index < -0.39 is 53.2 Å². The Kier molecular flexibility index (Phi) is 20.1. The van der Waals surface area contributed by atoms with Crippen molar-refractivity contribution in [2.24, 2.45) is 0 Å². The average molecular weight is 851 g/mol. The quantitative estimate of drug-likeness (QED) is 0.120. The number of rotatable bonds is 9. The van der Waals surface area contributed by atoms with Crippen molar-refractivity contribution in [3.63, 3.8) is 0 Å². The molecule has 0 bridgehead atoms. The van der Waals surface area contributed by atoms with Crippen molar-refractivity contribution in [2.75, 3.05) is 44.1 Å². The fourth-order valence-electron chi connectivity index (χ4n) is 4.15. The van der Waals surface area contributed by atoms with Crippen molar-refractivity contribution >= 4 is 34.8 Å². The largest absolute Gasteiger partial charge is 0.573 e. The second-order valence-corrected chi connectivity index (χ2v) is 11.1. The van der Waals surface area contributed by atoms with Crippen molar-refractivity contribution < 1.29 is 87.3 Å². The number of nitrogens with zero attached hydrogens (tertiary/aromatic N) is 2. The molecule has 3 rings (SSSR count). The van der Waals surface area contributed by atoms with Gasteiger partial charge in [-0.05, 0) is 67.8 Å². The molecular weight excluding hydrogens is 811 g/mol. The van der Waals surface area contributed by atoms with Crippen molar-refractivity contribution in [1.29, 1.82) is 0 Å². The lowest BCUT2D eigenvalue weighted by Gasteiger charge is -2.22. The van der Waals surface area contributed by atoms with Crippen LogP contribution in [0, 0.1) is 30.9 Å². The normalized spacial score (nSPS) is 10.7. The molecule has 0 aliphatic rings. The van der Waals surface area contributed by atoms with E-state index in [2.05, 4.69) is 24.9 Å². The third kappa shape index (κ3) is 21.2. The van der Waals surface area contributed by atoms with E-state index in [1.807, 2.05) is 0 Å². The molecule has 0 heterocycles. The summed E-state index contributed by atoms with van der Waals surface area (Å²) >= 11 is 0. The van der Waals surface area contributed by atoms with E-state index in [1.165, 1.54) is 78.5 Å². The molecule has 0 spiro atoms. The van der Waals surface area contributed by atoms with E-state index in [4.69, 9.17) is 24.3 Å². The number of ether oxygens (including phenoxy) is 5. The number of halogens is 9. The number of nitrogens with one attached hydrogen (secondary N) is 2. The van der Waals surface area contributed by atoms with Gasteiger partial charge in [0.05, 0.1) is 38.4 Å². The summed E-state index contributed by atoms with van der Waals surface area (Å²) in [5.41, 5.74) is 1.26. The van der Waals surface area contributed by atoms with Crippen LogP contribution < -0.4 is 39.4 Å². The molecule has 24 heteroatoms. The molecule has 0 saturated carbocycles. The molecule has 2 N–H and O–H groups in total. The van der Waals surface area contributed by atoms with Crippen LogP contribution in [0.4, 0.5) is 56.6 Å². The van der Waals surface area contributed by atoms with Crippen LogP contribution >= 0.6 is 0 Å². The van der Waals surface area contributed by atoms with Gasteiger partial charge < -0.3 is 34.3 Å². The van der Waals surface area contributed by atoms with Gasteiger partial charge in [0.1, 0.15) is 11.5 Å². The minimum Gasteiger partial charge on any atom is -0.497 e. The monoisotopic (exact) mass is 850 g/mol.